The van der Waals surface area contributed by atoms with E-state index in [1.807, 2.05) is 66.7 Å². The number of aromatic hydroxyl groups is 1. The third-order valence-corrected chi connectivity index (χ3v) is 7.22. The number of anilines is 2. The number of rotatable bonds is 4. The van der Waals surface area contributed by atoms with Crippen LogP contribution in [0.5, 0.6) is 5.75 Å². The van der Waals surface area contributed by atoms with Gasteiger partial charge in [-0.05, 0) is 47.0 Å². The maximum absolute atomic E-state index is 11.4. The first kappa shape index (κ1) is 23.1. The van der Waals surface area contributed by atoms with Gasteiger partial charge in [0.05, 0.1) is 17.1 Å². The summed E-state index contributed by atoms with van der Waals surface area (Å²) in [5.74, 6) is 0.200. The second-order valence-electron chi connectivity index (χ2n) is 9.67. The van der Waals surface area contributed by atoms with Gasteiger partial charge in [-0.2, -0.15) is 0 Å². The first-order valence-corrected chi connectivity index (χ1v) is 13.0. The van der Waals surface area contributed by atoms with Crippen LogP contribution in [0.1, 0.15) is 0 Å². The SMILES string of the molecule is Oc1cc(-c2cc(-c3ccccc3)cc(-c3ccccc3)n2)ccc1N1[B]c2ccccc2-c2ccccc21. The molecule has 183 valence electrons. The van der Waals surface area contributed by atoms with Crippen molar-refractivity contribution < 1.29 is 5.11 Å². The van der Waals surface area contributed by atoms with Crippen LogP contribution in [-0.2, 0) is 0 Å². The fourth-order valence-electron chi connectivity index (χ4n) is 5.29. The molecule has 4 heteroatoms. The Hall–Kier alpha value is -5.09. The van der Waals surface area contributed by atoms with E-state index in [4.69, 9.17) is 4.98 Å². The number of pyridine rings is 1. The summed E-state index contributed by atoms with van der Waals surface area (Å²) < 4.78 is 0. The van der Waals surface area contributed by atoms with Crippen LogP contribution in [0.4, 0.5) is 11.4 Å². The van der Waals surface area contributed by atoms with Crippen LogP contribution in [0.15, 0.2) is 140 Å². The Kier molecular flexibility index (Phi) is 5.71. The number of para-hydroxylation sites is 1. The van der Waals surface area contributed by atoms with Crippen LogP contribution in [0.3, 0.4) is 0 Å². The van der Waals surface area contributed by atoms with Gasteiger partial charge in [-0.3, -0.25) is 0 Å². The summed E-state index contributed by atoms with van der Waals surface area (Å²) in [5, 5.41) is 11.4. The van der Waals surface area contributed by atoms with E-state index in [1.54, 1.807) is 0 Å². The molecule has 1 N–H and O–H groups in total. The highest BCUT2D eigenvalue weighted by molar-refractivity contribution is 6.63. The van der Waals surface area contributed by atoms with Gasteiger partial charge in [0.1, 0.15) is 5.75 Å². The molecule has 0 atom stereocenters. The molecular weight excluding hydrogens is 475 g/mol. The van der Waals surface area contributed by atoms with Gasteiger partial charge in [-0.15, -0.1) is 0 Å². The Balaban J connectivity index is 1.32. The molecule has 5 aromatic carbocycles. The number of phenolic OH excluding ortho intramolecular Hbond substituents is 1. The maximum atomic E-state index is 11.4. The van der Waals surface area contributed by atoms with E-state index in [0.717, 1.165) is 56.0 Å². The monoisotopic (exact) mass is 499 g/mol. The summed E-state index contributed by atoms with van der Waals surface area (Å²) in [6.07, 6.45) is 0. The molecule has 0 amide bonds. The van der Waals surface area contributed by atoms with Gasteiger partial charge in [0.2, 0.25) is 0 Å². The van der Waals surface area contributed by atoms with E-state index < -0.39 is 0 Å². The summed E-state index contributed by atoms with van der Waals surface area (Å²) in [6, 6.07) is 47.2. The molecule has 1 aliphatic heterocycles. The second kappa shape index (κ2) is 9.66. The Morgan fingerprint density at radius 1 is 0.487 bits per heavy atom. The fourth-order valence-corrected chi connectivity index (χ4v) is 5.29. The van der Waals surface area contributed by atoms with Crippen molar-refractivity contribution in [2.24, 2.45) is 0 Å². The first-order chi connectivity index (χ1) is 19.2. The number of phenols is 1. The predicted octanol–water partition coefficient (Wildman–Crippen LogP) is 7.85. The van der Waals surface area contributed by atoms with Gasteiger partial charge >= 0.3 is 0 Å². The molecule has 0 fully saturated rings. The van der Waals surface area contributed by atoms with Crippen LogP contribution >= 0.6 is 0 Å². The van der Waals surface area contributed by atoms with Gasteiger partial charge in [0, 0.05) is 22.4 Å². The highest BCUT2D eigenvalue weighted by Crippen LogP contribution is 2.42. The third kappa shape index (κ3) is 4.26. The van der Waals surface area contributed by atoms with E-state index in [2.05, 4.69) is 85.0 Å². The molecular formula is C35H24BN2O. The zero-order valence-electron chi connectivity index (χ0n) is 21.2. The van der Waals surface area contributed by atoms with Gasteiger partial charge in [-0.25, -0.2) is 4.98 Å². The van der Waals surface area contributed by atoms with Crippen LogP contribution in [0.2, 0.25) is 0 Å². The van der Waals surface area contributed by atoms with E-state index in [1.165, 1.54) is 5.56 Å². The van der Waals surface area contributed by atoms with Crippen molar-refractivity contribution in [3.8, 4) is 50.5 Å². The normalized spacial score (nSPS) is 11.8. The average molecular weight is 499 g/mol. The van der Waals surface area contributed by atoms with E-state index in [0.29, 0.717) is 0 Å². The van der Waals surface area contributed by atoms with Crippen molar-refractivity contribution in [2.45, 2.75) is 0 Å². The standard InChI is InChI=1S/C35H24BN2O/c39-35-23-26(19-20-34(35)38-33-18-10-8-16-29(33)28-15-7-9-17-30(28)36-38)32-22-27(24-11-3-1-4-12-24)21-31(37-32)25-13-5-2-6-14-25/h1-23,39H. The highest BCUT2D eigenvalue weighted by atomic mass is 16.3. The Bertz CT molecular complexity index is 1740. The molecule has 2 heterocycles. The fraction of sp³-hybridized carbons (Fsp3) is 0. The number of hydrogen-bond donors (Lipinski definition) is 1. The molecule has 7 rings (SSSR count). The molecule has 1 aromatic heterocycles. The minimum Gasteiger partial charge on any atom is -0.506 e. The first-order valence-electron chi connectivity index (χ1n) is 13.0. The highest BCUT2D eigenvalue weighted by Gasteiger charge is 2.25. The Labute approximate surface area is 228 Å². The smallest absolute Gasteiger partial charge is 0.291 e. The van der Waals surface area contributed by atoms with Gasteiger partial charge in [0.25, 0.3) is 7.41 Å². The largest absolute Gasteiger partial charge is 0.506 e. The van der Waals surface area contributed by atoms with Crippen molar-refractivity contribution in [1.29, 1.82) is 0 Å². The van der Waals surface area contributed by atoms with E-state index >= 15 is 0 Å². The lowest BCUT2D eigenvalue weighted by atomic mass is 9.71. The minimum absolute atomic E-state index is 0.200. The van der Waals surface area contributed by atoms with Crippen molar-refractivity contribution >= 4 is 24.3 Å². The van der Waals surface area contributed by atoms with Gasteiger partial charge in [0.15, 0.2) is 0 Å². The van der Waals surface area contributed by atoms with Crippen LogP contribution in [0, 0.1) is 0 Å². The second-order valence-corrected chi connectivity index (χ2v) is 9.67. The quantitative estimate of drug-likeness (QED) is 0.251. The summed E-state index contributed by atoms with van der Waals surface area (Å²) in [4.78, 5) is 7.09. The molecule has 1 aliphatic rings. The zero-order chi connectivity index (χ0) is 26.2. The molecule has 39 heavy (non-hydrogen) atoms. The van der Waals surface area contributed by atoms with Crippen LogP contribution in [-0.4, -0.2) is 17.5 Å². The van der Waals surface area contributed by atoms with Crippen molar-refractivity contribution in [3.63, 3.8) is 0 Å². The average Bonchev–Trinajstić information content (AvgIpc) is 3.01. The van der Waals surface area contributed by atoms with Gasteiger partial charge < -0.3 is 9.92 Å². The lowest BCUT2D eigenvalue weighted by Gasteiger charge is -2.33. The number of hydrogen-bond acceptors (Lipinski definition) is 3. The number of fused-ring (bicyclic) bond motifs is 3. The molecule has 6 aromatic rings. The third-order valence-electron chi connectivity index (χ3n) is 7.22. The topological polar surface area (TPSA) is 36.4 Å². The van der Waals surface area contributed by atoms with E-state index in [9.17, 15) is 5.11 Å². The van der Waals surface area contributed by atoms with Crippen molar-refractivity contribution in [3.05, 3.63) is 140 Å². The summed E-state index contributed by atoms with van der Waals surface area (Å²) in [6.45, 7) is 0. The summed E-state index contributed by atoms with van der Waals surface area (Å²) >= 11 is 0. The predicted molar refractivity (Wildman–Crippen MR) is 162 cm³/mol. The number of aromatic nitrogens is 1. The number of nitrogens with zero attached hydrogens (tertiary/aromatic N) is 2. The van der Waals surface area contributed by atoms with Crippen LogP contribution in [0.25, 0.3) is 44.8 Å². The van der Waals surface area contributed by atoms with E-state index in [-0.39, 0.29) is 5.75 Å². The Morgan fingerprint density at radius 3 is 1.85 bits per heavy atom. The van der Waals surface area contributed by atoms with Crippen molar-refractivity contribution in [2.75, 3.05) is 4.81 Å². The van der Waals surface area contributed by atoms with Crippen molar-refractivity contribution in [1.82, 2.24) is 4.98 Å². The lowest BCUT2D eigenvalue weighted by molar-refractivity contribution is 0.477. The zero-order valence-corrected chi connectivity index (χ0v) is 21.2. The molecule has 0 aliphatic carbocycles. The molecule has 1 radical (unpaired) electrons. The van der Waals surface area contributed by atoms with Gasteiger partial charge in [-0.1, -0.05) is 115 Å². The lowest BCUT2D eigenvalue weighted by Crippen LogP contribution is -2.37. The summed E-state index contributed by atoms with van der Waals surface area (Å²) in [7, 11) is 2.09. The minimum atomic E-state index is 0.200. The number of benzene rings is 5. The molecule has 0 spiro atoms. The maximum Gasteiger partial charge on any atom is 0.291 e. The molecule has 0 bridgehead atoms. The molecule has 0 saturated carbocycles. The van der Waals surface area contributed by atoms with Crippen LogP contribution < -0.4 is 10.3 Å². The molecule has 0 unspecified atom stereocenters. The molecule has 3 nitrogen and oxygen atoms in total. The molecule has 0 saturated heterocycles. The Morgan fingerprint density at radius 2 is 1.10 bits per heavy atom. The summed E-state index contributed by atoms with van der Waals surface area (Å²) in [5.41, 5.74) is 11.0.